The summed E-state index contributed by atoms with van der Waals surface area (Å²) in [6, 6.07) is 17.2. The SMILES string of the molecule is CC#Cc1ccc(NC(=O)c2ccccc2NC(=O)c2ccc(C(=N)N3CCCC3)cc2)nc1. The Morgan fingerprint density at radius 3 is 2.29 bits per heavy atom. The second-order valence-electron chi connectivity index (χ2n) is 7.88. The van der Waals surface area contributed by atoms with Crippen molar-refractivity contribution in [3.05, 3.63) is 89.1 Å². The third-order valence-electron chi connectivity index (χ3n) is 5.54. The number of pyridine rings is 1. The number of aromatic nitrogens is 1. The molecule has 2 amide bonds. The number of nitrogens with one attached hydrogen (secondary N) is 3. The Hall–Kier alpha value is -4.44. The quantitative estimate of drug-likeness (QED) is 0.305. The average Bonchev–Trinajstić information content (AvgIpc) is 3.40. The highest BCUT2D eigenvalue weighted by Crippen LogP contribution is 2.19. The molecule has 1 saturated heterocycles. The predicted molar refractivity (Wildman–Crippen MR) is 133 cm³/mol. The summed E-state index contributed by atoms with van der Waals surface area (Å²) >= 11 is 0. The summed E-state index contributed by atoms with van der Waals surface area (Å²) in [7, 11) is 0. The minimum absolute atomic E-state index is 0.322. The fourth-order valence-corrected chi connectivity index (χ4v) is 3.76. The van der Waals surface area contributed by atoms with Gasteiger partial charge in [0.2, 0.25) is 0 Å². The summed E-state index contributed by atoms with van der Waals surface area (Å²) in [5.74, 6) is 5.86. The molecule has 0 atom stereocenters. The number of hydrogen-bond acceptors (Lipinski definition) is 4. The molecule has 0 unspecified atom stereocenters. The van der Waals surface area contributed by atoms with E-state index in [-0.39, 0.29) is 11.8 Å². The topological polar surface area (TPSA) is 98.2 Å². The molecule has 0 saturated carbocycles. The Morgan fingerprint density at radius 2 is 1.62 bits per heavy atom. The zero-order chi connectivity index (χ0) is 23.9. The standard InChI is InChI=1S/C27H25N5O2/c1-2-7-19-10-15-24(29-18-19)31-27(34)22-8-3-4-9-23(22)30-26(33)21-13-11-20(12-14-21)25(28)32-16-5-6-17-32/h3-4,8-15,18,28H,5-6,16-17H2,1H3,(H,30,33)(H,29,31,34). The number of para-hydroxylation sites is 1. The summed E-state index contributed by atoms with van der Waals surface area (Å²) in [4.78, 5) is 32.0. The lowest BCUT2D eigenvalue weighted by Gasteiger charge is -2.18. The largest absolute Gasteiger partial charge is 0.357 e. The van der Waals surface area contributed by atoms with Gasteiger partial charge in [-0.2, -0.15) is 0 Å². The highest BCUT2D eigenvalue weighted by molar-refractivity contribution is 6.12. The molecule has 4 rings (SSSR count). The van der Waals surface area contributed by atoms with Crippen molar-refractivity contribution in [1.29, 1.82) is 5.41 Å². The summed E-state index contributed by atoms with van der Waals surface area (Å²) in [6.45, 7) is 3.54. The maximum Gasteiger partial charge on any atom is 0.258 e. The Balaban J connectivity index is 1.44. The number of rotatable bonds is 5. The number of carbonyl (C=O) groups excluding carboxylic acids is 2. The van der Waals surface area contributed by atoms with Gasteiger partial charge in [0, 0.05) is 36.0 Å². The van der Waals surface area contributed by atoms with E-state index in [4.69, 9.17) is 5.41 Å². The first kappa shape index (κ1) is 22.7. The Morgan fingerprint density at radius 1 is 0.912 bits per heavy atom. The van der Waals surface area contributed by atoms with Crippen molar-refractivity contribution in [3.8, 4) is 11.8 Å². The molecule has 3 aromatic rings. The molecular formula is C27H25N5O2. The number of amides is 2. The van der Waals surface area contributed by atoms with E-state index >= 15 is 0 Å². The zero-order valence-corrected chi connectivity index (χ0v) is 18.9. The highest BCUT2D eigenvalue weighted by atomic mass is 16.2. The van der Waals surface area contributed by atoms with Gasteiger partial charge in [-0.25, -0.2) is 4.98 Å². The number of carbonyl (C=O) groups is 2. The molecule has 1 aromatic heterocycles. The summed E-state index contributed by atoms with van der Waals surface area (Å²) in [6.07, 6.45) is 3.79. The third-order valence-corrected chi connectivity index (χ3v) is 5.54. The molecule has 1 fully saturated rings. The fraction of sp³-hybridized carbons (Fsp3) is 0.185. The predicted octanol–water partition coefficient (Wildman–Crippen LogP) is 4.38. The summed E-state index contributed by atoms with van der Waals surface area (Å²) in [5, 5.41) is 13.9. The Labute approximate surface area is 198 Å². The first-order chi connectivity index (χ1) is 16.5. The molecule has 2 aromatic carbocycles. The van der Waals surface area contributed by atoms with Gasteiger partial charge in [-0.3, -0.25) is 15.0 Å². The van der Waals surface area contributed by atoms with E-state index in [1.54, 1.807) is 73.8 Å². The van der Waals surface area contributed by atoms with Crippen LogP contribution in [0.15, 0.2) is 66.9 Å². The second kappa shape index (κ2) is 10.5. The third kappa shape index (κ3) is 5.30. The van der Waals surface area contributed by atoms with Gasteiger partial charge in [-0.15, -0.1) is 5.92 Å². The first-order valence-corrected chi connectivity index (χ1v) is 11.1. The smallest absolute Gasteiger partial charge is 0.258 e. The number of hydrogen-bond donors (Lipinski definition) is 3. The van der Waals surface area contributed by atoms with Crippen LogP contribution in [0.2, 0.25) is 0 Å². The number of anilines is 2. The molecule has 2 heterocycles. The fourth-order valence-electron chi connectivity index (χ4n) is 3.76. The van der Waals surface area contributed by atoms with Gasteiger partial charge in [0.05, 0.1) is 11.3 Å². The Kier molecular flexibility index (Phi) is 6.99. The normalized spacial score (nSPS) is 12.4. The van der Waals surface area contributed by atoms with Crippen LogP contribution in [0.3, 0.4) is 0 Å². The zero-order valence-electron chi connectivity index (χ0n) is 18.9. The number of nitrogens with zero attached hydrogens (tertiary/aromatic N) is 2. The van der Waals surface area contributed by atoms with Gasteiger partial charge in [0.15, 0.2) is 0 Å². The van der Waals surface area contributed by atoms with Crippen LogP contribution in [-0.2, 0) is 0 Å². The van der Waals surface area contributed by atoms with Gasteiger partial charge < -0.3 is 15.5 Å². The summed E-state index contributed by atoms with van der Waals surface area (Å²) in [5.41, 5.74) is 2.70. The average molecular weight is 452 g/mol. The minimum atomic E-state index is -0.382. The molecule has 0 spiro atoms. The van der Waals surface area contributed by atoms with E-state index in [2.05, 4.69) is 27.5 Å². The van der Waals surface area contributed by atoms with Crippen LogP contribution in [0.25, 0.3) is 0 Å². The lowest BCUT2D eigenvalue weighted by Crippen LogP contribution is -2.27. The molecule has 0 radical (unpaired) electrons. The van der Waals surface area contributed by atoms with Gasteiger partial charge in [-0.1, -0.05) is 30.2 Å². The molecular weight excluding hydrogens is 426 g/mol. The van der Waals surface area contributed by atoms with E-state index in [1.807, 2.05) is 4.90 Å². The lowest BCUT2D eigenvalue weighted by atomic mass is 10.1. The van der Waals surface area contributed by atoms with E-state index in [1.165, 1.54) is 0 Å². The molecule has 34 heavy (non-hydrogen) atoms. The van der Waals surface area contributed by atoms with Crippen molar-refractivity contribution in [3.63, 3.8) is 0 Å². The summed E-state index contributed by atoms with van der Waals surface area (Å²) < 4.78 is 0. The van der Waals surface area contributed by atoms with Crippen LogP contribution in [-0.4, -0.2) is 40.6 Å². The van der Waals surface area contributed by atoms with E-state index < -0.39 is 0 Å². The van der Waals surface area contributed by atoms with Crippen molar-refractivity contribution >= 4 is 29.2 Å². The molecule has 7 heteroatoms. The molecule has 3 N–H and O–H groups in total. The van der Waals surface area contributed by atoms with Gasteiger partial charge in [0.25, 0.3) is 11.8 Å². The van der Waals surface area contributed by atoms with Crippen molar-refractivity contribution in [2.75, 3.05) is 23.7 Å². The monoisotopic (exact) mass is 451 g/mol. The van der Waals surface area contributed by atoms with Crippen LogP contribution >= 0.6 is 0 Å². The molecule has 7 nitrogen and oxygen atoms in total. The van der Waals surface area contributed by atoms with Crippen LogP contribution in [0, 0.1) is 17.3 Å². The number of benzene rings is 2. The van der Waals surface area contributed by atoms with E-state index in [0.717, 1.165) is 37.1 Å². The molecule has 1 aliphatic heterocycles. The van der Waals surface area contributed by atoms with Crippen LogP contribution in [0.5, 0.6) is 0 Å². The van der Waals surface area contributed by atoms with E-state index in [9.17, 15) is 9.59 Å². The first-order valence-electron chi connectivity index (χ1n) is 11.1. The Bertz CT molecular complexity index is 1260. The van der Waals surface area contributed by atoms with Gasteiger partial charge in [-0.05, 0) is 56.2 Å². The van der Waals surface area contributed by atoms with Gasteiger partial charge in [0.1, 0.15) is 11.7 Å². The van der Waals surface area contributed by atoms with Crippen LogP contribution < -0.4 is 10.6 Å². The van der Waals surface area contributed by atoms with E-state index in [0.29, 0.717) is 28.5 Å². The van der Waals surface area contributed by atoms with Crippen molar-refractivity contribution in [1.82, 2.24) is 9.88 Å². The number of amidine groups is 1. The number of likely N-dealkylation sites (tertiary alicyclic amines) is 1. The molecule has 170 valence electrons. The molecule has 1 aliphatic rings. The van der Waals surface area contributed by atoms with Crippen molar-refractivity contribution < 1.29 is 9.59 Å². The second-order valence-corrected chi connectivity index (χ2v) is 7.88. The maximum atomic E-state index is 12.9. The minimum Gasteiger partial charge on any atom is -0.357 e. The van der Waals surface area contributed by atoms with Gasteiger partial charge >= 0.3 is 0 Å². The van der Waals surface area contributed by atoms with Crippen LogP contribution in [0.4, 0.5) is 11.5 Å². The van der Waals surface area contributed by atoms with Crippen molar-refractivity contribution in [2.45, 2.75) is 19.8 Å². The maximum absolute atomic E-state index is 12.9. The van der Waals surface area contributed by atoms with Crippen molar-refractivity contribution in [2.24, 2.45) is 0 Å². The molecule has 0 aliphatic carbocycles. The lowest BCUT2D eigenvalue weighted by molar-refractivity contribution is 0.102. The highest BCUT2D eigenvalue weighted by Gasteiger charge is 2.18. The molecule has 0 bridgehead atoms. The van der Waals surface area contributed by atoms with Crippen LogP contribution in [0.1, 0.15) is 51.6 Å².